The van der Waals surface area contributed by atoms with E-state index in [2.05, 4.69) is 29.5 Å². The van der Waals surface area contributed by atoms with Crippen molar-refractivity contribution >= 4 is 11.4 Å². The first-order valence-corrected chi connectivity index (χ1v) is 7.75. The molecular weight excluding hydrogens is 289 g/mol. The Kier molecular flexibility index (Phi) is 4.42. The van der Waals surface area contributed by atoms with Crippen LogP contribution in [0.15, 0.2) is 60.5 Å². The summed E-state index contributed by atoms with van der Waals surface area (Å²) in [7, 11) is 1.87. The molecule has 0 amide bonds. The molecule has 1 aromatic carbocycles. The van der Waals surface area contributed by atoms with Crippen LogP contribution in [0.1, 0.15) is 24.1 Å². The van der Waals surface area contributed by atoms with Crippen molar-refractivity contribution in [1.29, 1.82) is 0 Å². The number of aromatic nitrogens is 2. The average molecular weight is 309 g/mol. The predicted molar refractivity (Wildman–Crippen MR) is 93.4 cm³/mol. The van der Waals surface area contributed by atoms with Crippen molar-refractivity contribution in [2.24, 2.45) is 0 Å². The highest BCUT2D eigenvalue weighted by atomic mass is 19.1. The van der Waals surface area contributed by atoms with E-state index in [1.165, 1.54) is 11.6 Å². The number of nitrogens with one attached hydrogen (secondary N) is 1. The fourth-order valence-electron chi connectivity index (χ4n) is 2.50. The third-order valence-corrected chi connectivity index (χ3v) is 3.83. The van der Waals surface area contributed by atoms with Gasteiger partial charge in [-0.3, -0.25) is 0 Å². The number of anilines is 1. The summed E-state index contributed by atoms with van der Waals surface area (Å²) >= 11 is 0. The smallest absolute Gasteiger partial charge is 0.130 e. The molecule has 118 valence electrons. The molecule has 0 bridgehead atoms. The minimum Gasteiger partial charge on any atom is -0.373 e. The molecule has 0 spiro atoms. The van der Waals surface area contributed by atoms with Crippen LogP contribution in [0.5, 0.6) is 0 Å². The molecule has 0 fully saturated rings. The number of rotatable bonds is 3. The summed E-state index contributed by atoms with van der Waals surface area (Å²) in [6.07, 6.45) is 8.47. The van der Waals surface area contributed by atoms with Crippen molar-refractivity contribution in [2.45, 2.75) is 19.8 Å². The second-order valence-electron chi connectivity index (χ2n) is 5.59. The summed E-state index contributed by atoms with van der Waals surface area (Å²) < 4.78 is 15.4. The molecule has 0 saturated heterocycles. The molecule has 0 atom stereocenters. The van der Waals surface area contributed by atoms with E-state index in [0.29, 0.717) is 12.8 Å². The maximum absolute atomic E-state index is 13.5. The van der Waals surface area contributed by atoms with Gasteiger partial charge in [-0.15, -0.1) is 0 Å². The van der Waals surface area contributed by atoms with Crippen molar-refractivity contribution in [1.82, 2.24) is 9.78 Å². The van der Waals surface area contributed by atoms with Gasteiger partial charge in [0.15, 0.2) is 0 Å². The summed E-state index contributed by atoms with van der Waals surface area (Å²) in [6.45, 7) is 2.06. The highest BCUT2D eigenvalue weighted by Crippen LogP contribution is 2.24. The molecule has 0 radical (unpaired) electrons. The third-order valence-electron chi connectivity index (χ3n) is 3.83. The molecule has 1 aliphatic rings. The molecular formula is C19H20FN3. The SMILES string of the molecule is CNc1cc(C2=C/C=C(/F)CC/C=C\2)nn1-c1ccc(C)cc1. The number of halogens is 1. The molecule has 0 saturated carbocycles. The monoisotopic (exact) mass is 309 g/mol. The van der Waals surface area contributed by atoms with E-state index in [9.17, 15) is 4.39 Å². The van der Waals surface area contributed by atoms with Gasteiger partial charge >= 0.3 is 0 Å². The van der Waals surface area contributed by atoms with E-state index < -0.39 is 0 Å². The Morgan fingerprint density at radius 2 is 1.96 bits per heavy atom. The molecule has 23 heavy (non-hydrogen) atoms. The fraction of sp³-hybridized carbons (Fsp3) is 0.211. The van der Waals surface area contributed by atoms with Gasteiger partial charge in [-0.25, -0.2) is 9.07 Å². The number of hydrogen-bond donors (Lipinski definition) is 1. The van der Waals surface area contributed by atoms with Gasteiger partial charge in [0, 0.05) is 25.1 Å². The minimum atomic E-state index is -0.0985. The Balaban J connectivity index is 2.03. The molecule has 2 aromatic rings. The predicted octanol–water partition coefficient (Wildman–Crippen LogP) is 4.81. The quantitative estimate of drug-likeness (QED) is 0.882. The normalized spacial score (nSPS) is 20.7. The number of allylic oxidation sites excluding steroid dienone is 6. The van der Waals surface area contributed by atoms with Crippen molar-refractivity contribution in [2.75, 3.05) is 12.4 Å². The first-order chi connectivity index (χ1) is 11.2. The van der Waals surface area contributed by atoms with Crippen LogP contribution in [0, 0.1) is 6.92 Å². The first-order valence-electron chi connectivity index (χ1n) is 7.75. The molecule has 4 heteroatoms. The van der Waals surface area contributed by atoms with Gasteiger partial charge in [0.05, 0.1) is 11.4 Å². The van der Waals surface area contributed by atoms with Crippen molar-refractivity contribution in [3.8, 4) is 5.69 Å². The molecule has 1 aliphatic carbocycles. The van der Waals surface area contributed by atoms with Gasteiger partial charge in [0.1, 0.15) is 11.6 Å². The van der Waals surface area contributed by atoms with Crippen LogP contribution in [0.4, 0.5) is 10.2 Å². The van der Waals surface area contributed by atoms with Crippen LogP contribution in [0.3, 0.4) is 0 Å². The van der Waals surface area contributed by atoms with Gasteiger partial charge in [-0.1, -0.05) is 35.9 Å². The van der Waals surface area contributed by atoms with Gasteiger partial charge in [0.2, 0.25) is 0 Å². The largest absolute Gasteiger partial charge is 0.373 e. The Hall–Kier alpha value is -2.62. The molecule has 1 aromatic heterocycles. The number of nitrogens with zero attached hydrogens (tertiary/aromatic N) is 2. The molecule has 1 N–H and O–H groups in total. The van der Waals surface area contributed by atoms with Gasteiger partial charge in [-0.2, -0.15) is 5.10 Å². The Morgan fingerprint density at radius 3 is 2.70 bits per heavy atom. The molecule has 1 heterocycles. The second kappa shape index (κ2) is 6.65. The number of benzene rings is 1. The zero-order valence-electron chi connectivity index (χ0n) is 13.4. The van der Waals surface area contributed by atoms with Crippen LogP contribution in [0.2, 0.25) is 0 Å². The lowest BCUT2D eigenvalue weighted by molar-refractivity contribution is 0.592. The van der Waals surface area contributed by atoms with Crippen molar-refractivity contribution < 1.29 is 4.39 Å². The lowest BCUT2D eigenvalue weighted by Crippen LogP contribution is -2.02. The average Bonchev–Trinajstić information content (AvgIpc) is 2.96. The van der Waals surface area contributed by atoms with Crippen LogP contribution in [-0.4, -0.2) is 16.8 Å². The van der Waals surface area contributed by atoms with E-state index in [0.717, 1.165) is 22.8 Å². The molecule has 3 nitrogen and oxygen atoms in total. The standard InChI is InChI=1S/C19H20FN3/c1-14-7-11-17(12-8-14)23-19(21-2)13-18(22-23)15-5-3-4-6-16(20)10-9-15/h3,5,7-13,21H,4,6H2,1-2H3/b5-3-,15-9+,16-10+. The number of aryl methyl sites for hydroxylation is 1. The van der Waals surface area contributed by atoms with E-state index in [4.69, 9.17) is 0 Å². The van der Waals surface area contributed by atoms with E-state index in [1.807, 2.05) is 42.1 Å². The van der Waals surface area contributed by atoms with Gasteiger partial charge in [-0.05, 0) is 31.6 Å². The zero-order chi connectivity index (χ0) is 16.2. The van der Waals surface area contributed by atoms with Crippen molar-refractivity contribution in [3.05, 3.63) is 71.7 Å². The molecule has 0 aliphatic heterocycles. The van der Waals surface area contributed by atoms with Gasteiger partial charge < -0.3 is 5.32 Å². The summed E-state index contributed by atoms with van der Waals surface area (Å²) in [5, 5.41) is 7.85. The van der Waals surface area contributed by atoms with Crippen LogP contribution in [-0.2, 0) is 0 Å². The van der Waals surface area contributed by atoms with Crippen LogP contribution in [0.25, 0.3) is 11.3 Å². The lowest BCUT2D eigenvalue weighted by Gasteiger charge is -2.06. The summed E-state index contributed by atoms with van der Waals surface area (Å²) in [5.74, 6) is 0.795. The Morgan fingerprint density at radius 1 is 1.17 bits per heavy atom. The highest BCUT2D eigenvalue weighted by molar-refractivity contribution is 5.75. The second-order valence-corrected chi connectivity index (χ2v) is 5.59. The number of hydrogen-bond acceptors (Lipinski definition) is 2. The Labute approximate surface area is 135 Å². The summed E-state index contributed by atoms with van der Waals surface area (Å²) in [5.41, 5.74) is 3.92. The fourth-order valence-corrected chi connectivity index (χ4v) is 2.50. The van der Waals surface area contributed by atoms with E-state index in [-0.39, 0.29) is 5.83 Å². The van der Waals surface area contributed by atoms with Gasteiger partial charge in [0.25, 0.3) is 0 Å². The van der Waals surface area contributed by atoms with E-state index >= 15 is 0 Å². The maximum Gasteiger partial charge on any atom is 0.130 e. The maximum atomic E-state index is 13.5. The highest BCUT2D eigenvalue weighted by Gasteiger charge is 2.11. The topological polar surface area (TPSA) is 29.9 Å². The Bertz CT molecular complexity index is 779. The molecule has 0 unspecified atom stereocenters. The first kappa shape index (κ1) is 15.3. The lowest BCUT2D eigenvalue weighted by atomic mass is 10.1. The summed E-state index contributed by atoms with van der Waals surface area (Å²) in [4.78, 5) is 0. The van der Waals surface area contributed by atoms with Crippen LogP contribution >= 0.6 is 0 Å². The van der Waals surface area contributed by atoms with Crippen LogP contribution < -0.4 is 5.32 Å². The van der Waals surface area contributed by atoms with Crippen molar-refractivity contribution in [3.63, 3.8) is 0 Å². The molecule has 3 rings (SSSR count). The minimum absolute atomic E-state index is 0.0985. The van der Waals surface area contributed by atoms with E-state index in [1.54, 1.807) is 6.08 Å². The third kappa shape index (κ3) is 3.42. The summed E-state index contributed by atoms with van der Waals surface area (Å²) in [6, 6.07) is 10.2. The zero-order valence-corrected chi connectivity index (χ0v) is 13.4.